The first kappa shape index (κ1) is 10.5. The van der Waals surface area contributed by atoms with Gasteiger partial charge in [-0.1, -0.05) is 12.1 Å². The average molecular weight is 229 g/mol. The lowest BCUT2D eigenvalue weighted by Crippen LogP contribution is -2.19. The summed E-state index contributed by atoms with van der Waals surface area (Å²) >= 11 is 0. The lowest BCUT2D eigenvalue weighted by molar-refractivity contribution is 0.219. The van der Waals surface area contributed by atoms with E-state index in [0.29, 0.717) is 0 Å². The van der Waals surface area contributed by atoms with Crippen molar-refractivity contribution in [3.63, 3.8) is 0 Å². The van der Waals surface area contributed by atoms with Gasteiger partial charge >= 0.3 is 0 Å². The first-order valence-corrected chi connectivity index (χ1v) is 5.87. The van der Waals surface area contributed by atoms with Gasteiger partial charge in [0.25, 0.3) is 0 Å². The second-order valence-corrected chi connectivity index (χ2v) is 4.75. The zero-order valence-corrected chi connectivity index (χ0v) is 9.56. The predicted octanol–water partition coefficient (Wildman–Crippen LogP) is 1.81. The van der Waals surface area contributed by atoms with Gasteiger partial charge in [0.15, 0.2) is 0 Å². The minimum atomic E-state index is 0.0893. The number of nitrogens with one attached hydrogen (secondary N) is 1. The van der Waals surface area contributed by atoms with Gasteiger partial charge in [0.2, 0.25) is 0 Å². The first-order valence-electron chi connectivity index (χ1n) is 5.87. The van der Waals surface area contributed by atoms with Crippen molar-refractivity contribution in [3.05, 3.63) is 30.6 Å². The Balaban J connectivity index is 1.85. The highest BCUT2D eigenvalue weighted by Crippen LogP contribution is 2.45. The summed E-state index contributed by atoms with van der Waals surface area (Å²) in [4.78, 5) is 8.49. The second kappa shape index (κ2) is 3.96. The van der Waals surface area contributed by atoms with Crippen LogP contribution in [0.25, 0.3) is 10.9 Å². The van der Waals surface area contributed by atoms with E-state index in [1.54, 1.807) is 6.33 Å². The fourth-order valence-corrected chi connectivity index (χ4v) is 1.98. The van der Waals surface area contributed by atoms with Crippen LogP contribution in [0.2, 0.25) is 0 Å². The molecule has 0 unspecified atom stereocenters. The van der Waals surface area contributed by atoms with Crippen LogP contribution < -0.4 is 5.32 Å². The monoisotopic (exact) mass is 229 g/mol. The molecule has 88 valence electrons. The highest BCUT2D eigenvalue weighted by Gasteiger charge is 2.41. The molecular weight excluding hydrogens is 214 g/mol. The molecule has 1 heterocycles. The molecule has 4 heteroatoms. The zero-order chi connectivity index (χ0) is 11.7. The molecule has 1 fully saturated rings. The summed E-state index contributed by atoms with van der Waals surface area (Å²) in [5.41, 5.74) is 1.03. The van der Waals surface area contributed by atoms with Gasteiger partial charge in [-0.2, -0.15) is 0 Å². The fourth-order valence-electron chi connectivity index (χ4n) is 1.98. The van der Waals surface area contributed by atoms with E-state index >= 15 is 0 Å². The van der Waals surface area contributed by atoms with Crippen molar-refractivity contribution in [1.29, 1.82) is 0 Å². The normalized spacial score (nSPS) is 17.0. The Morgan fingerprint density at radius 3 is 2.82 bits per heavy atom. The summed E-state index contributed by atoms with van der Waals surface area (Å²) in [7, 11) is 0. The third kappa shape index (κ3) is 1.96. The van der Waals surface area contributed by atoms with Crippen molar-refractivity contribution in [2.24, 2.45) is 5.41 Å². The number of rotatable bonds is 4. The maximum atomic E-state index is 9.28. The number of aliphatic hydroxyl groups is 1. The van der Waals surface area contributed by atoms with E-state index in [2.05, 4.69) is 15.3 Å². The first-order chi connectivity index (χ1) is 8.33. The fraction of sp³-hybridized carbons (Fsp3) is 0.385. The smallest absolute Gasteiger partial charge is 0.137 e. The van der Waals surface area contributed by atoms with Crippen LogP contribution >= 0.6 is 0 Å². The molecule has 1 aromatic carbocycles. The number of aromatic nitrogens is 2. The van der Waals surface area contributed by atoms with E-state index in [-0.39, 0.29) is 12.0 Å². The van der Waals surface area contributed by atoms with Crippen molar-refractivity contribution in [1.82, 2.24) is 9.97 Å². The number of fused-ring (bicyclic) bond motifs is 1. The molecule has 2 N–H and O–H groups in total. The minimum Gasteiger partial charge on any atom is -0.396 e. The van der Waals surface area contributed by atoms with Gasteiger partial charge in [-0.3, -0.25) is 0 Å². The molecule has 0 aliphatic heterocycles. The highest BCUT2D eigenvalue weighted by molar-refractivity contribution is 5.88. The summed E-state index contributed by atoms with van der Waals surface area (Å²) in [6, 6.07) is 7.93. The van der Waals surface area contributed by atoms with Gasteiger partial charge in [0.05, 0.1) is 12.1 Å². The lowest BCUT2D eigenvalue weighted by Gasteiger charge is -2.14. The summed E-state index contributed by atoms with van der Waals surface area (Å²) in [6.45, 7) is 1.04. The Morgan fingerprint density at radius 1 is 1.24 bits per heavy atom. The molecule has 17 heavy (non-hydrogen) atoms. The highest BCUT2D eigenvalue weighted by atomic mass is 16.3. The van der Waals surface area contributed by atoms with Gasteiger partial charge in [-0.15, -0.1) is 0 Å². The van der Waals surface area contributed by atoms with Crippen LogP contribution in [-0.4, -0.2) is 28.2 Å². The number of nitrogens with zero attached hydrogens (tertiary/aromatic N) is 2. The largest absolute Gasteiger partial charge is 0.396 e. The molecule has 0 amide bonds. The Hall–Kier alpha value is -1.68. The van der Waals surface area contributed by atoms with Crippen LogP contribution in [0.3, 0.4) is 0 Å². The van der Waals surface area contributed by atoms with Crippen LogP contribution in [0.4, 0.5) is 5.82 Å². The predicted molar refractivity (Wildman–Crippen MR) is 66.8 cm³/mol. The number of benzene rings is 1. The van der Waals surface area contributed by atoms with Gasteiger partial charge < -0.3 is 10.4 Å². The zero-order valence-electron chi connectivity index (χ0n) is 9.56. The molecule has 0 atom stereocenters. The van der Waals surface area contributed by atoms with Gasteiger partial charge in [0.1, 0.15) is 12.1 Å². The van der Waals surface area contributed by atoms with Crippen molar-refractivity contribution in [2.75, 3.05) is 18.5 Å². The third-order valence-corrected chi connectivity index (χ3v) is 3.47. The summed E-state index contributed by atoms with van der Waals surface area (Å²) in [6.07, 6.45) is 3.77. The van der Waals surface area contributed by atoms with E-state index in [9.17, 15) is 5.11 Å². The number of anilines is 1. The van der Waals surface area contributed by atoms with Gasteiger partial charge in [-0.25, -0.2) is 9.97 Å². The van der Waals surface area contributed by atoms with E-state index in [1.807, 2.05) is 24.3 Å². The minimum absolute atomic E-state index is 0.0893. The molecule has 1 aliphatic carbocycles. The van der Waals surface area contributed by atoms with E-state index in [4.69, 9.17) is 0 Å². The molecule has 3 rings (SSSR count). The van der Waals surface area contributed by atoms with E-state index in [1.165, 1.54) is 0 Å². The lowest BCUT2D eigenvalue weighted by atomic mass is 10.1. The van der Waals surface area contributed by atoms with Crippen LogP contribution in [0.5, 0.6) is 0 Å². The molecule has 1 aromatic heterocycles. The number of aliphatic hydroxyl groups excluding tert-OH is 1. The Bertz CT molecular complexity index is 532. The topological polar surface area (TPSA) is 58.0 Å². The Kier molecular flexibility index (Phi) is 2.44. The van der Waals surface area contributed by atoms with Gasteiger partial charge in [0, 0.05) is 17.3 Å². The maximum Gasteiger partial charge on any atom is 0.137 e. The summed E-state index contributed by atoms with van der Waals surface area (Å²) in [5, 5.41) is 13.6. The molecule has 2 aromatic rings. The van der Waals surface area contributed by atoms with Crippen molar-refractivity contribution < 1.29 is 5.11 Å². The van der Waals surface area contributed by atoms with Crippen LogP contribution in [-0.2, 0) is 0 Å². The second-order valence-electron chi connectivity index (χ2n) is 4.75. The molecule has 0 saturated heterocycles. The summed E-state index contributed by atoms with van der Waals surface area (Å²) < 4.78 is 0. The summed E-state index contributed by atoms with van der Waals surface area (Å²) in [5.74, 6) is 0.857. The number of hydrogen-bond donors (Lipinski definition) is 2. The van der Waals surface area contributed by atoms with Crippen molar-refractivity contribution in [2.45, 2.75) is 12.8 Å². The Labute approximate surface area is 99.7 Å². The Morgan fingerprint density at radius 2 is 2.06 bits per heavy atom. The molecule has 0 spiro atoms. The van der Waals surface area contributed by atoms with E-state index in [0.717, 1.165) is 36.1 Å². The van der Waals surface area contributed by atoms with Crippen molar-refractivity contribution >= 4 is 16.7 Å². The molecule has 0 bridgehead atoms. The average Bonchev–Trinajstić information content (AvgIpc) is 3.17. The van der Waals surface area contributed by atoms with Crippen LogP contribution in [0.15, 0.2) is 30.6 Å². The van der Waals surface area contributed by atoms with Crippen LogP contribution in [0.1, 0.15) is 12.8 Å². The maximum absolute atomic E-state index is 9.28. The standard InChI is InChI=1S/C13H15N3O/c17-8-13(5-6-13)7-14-12-10-3-1-2-4-11(10)15-9-16-12/h1-4,9,17H,5-8H2,(H,14,15,16). The molecule has 4 nitrogen and oxygen atoms in total. The van der Waals surface area contributed by atoms with Gasteiger partial charge in [-0.05, 0) is 25.0 Å². The molecule has 1 aliphatic rings. The number of para-hydroxylation sites is 1. The molecule has 0 radical (unpaired) electrons. The molecule has 1 saturated carbocycles. The quantitative estimate of drug-likeness (QED) is 0.839. The van der Waals surface area contributed by atoms with Crippen molar-refractivity contribution in [3.8, 4) is 0 Å². The van der Waals surface area contributed by atoms with Crippen LogP contribution in [0, 0.1) is 5.41 Å². The SMILES string of the molecule is OCC1(CNc2ncnc3ccccc23)CC1. The number of hydrogen-bond acceptors (Lipinski definition) is 4. The molecular formula is C13H15N3O. The third-order valence-electron chi connectivity index (χ3n) is 3.47. The van der Waals surface area contributed by atoms with E-state index < -0.39 is 0 Å².